The number of benzene rings is 1. The number of aromatic nitrogens is 1. The van der Waals surface area contributed by atoms with Crippen molar-refractivity contribution in [3.05, 3.63) is 59.9 Å². The molecule has 1 atom stereocenters. The van der Waals surface area contributed by atoms with Crippen LogP contribution in [-0.4, -0.2) is 28.7 Å². The van der Waals surface area contributed by atoms with Gasteiger partial charge in [-0.15, -0.1) is 0 Å². The Morgan fingerprint density at radius 1 is 1.09 bits per heavy atom. The van der Waals surface area contributed by atoms with Crippen molar-refractivity contribution in [3.63, 3.8) is 0 Å². The Kier molecular flexibility index (Phi) is 3.42. The molecule has 0 fully saturated rings. The second-order valence-electron chi connectivity index (χ2n) is 4.98. The molecule has 3 amide bonds. The predicted molar refractivity (Wildman–Crippen MR) is 78.0 cm³/mol. The summed E-state index contributed by atoms with van der Waals surface area (Å²) in [6.07, 6.45) is 3.33. The summed E-state index contributed by atoms with van der Waals surface area (Å²) in [6.45, 7) is 1.53. The molecule has 22 heavy (non-hydrogen) atoms. The first-order chi connectivity index (χ1) is 10.6. The van der Waals surface area contributed by atoms with Crippen molar-refractivity contribution < 1.29 is 19.4 Å². The van der Waals surface area contributed by atoms with E-state index in [0.29, 0.717) is 16.8 Å². The van der Waals surface area contributed by atoms with Crippen molar-refractivity contribution in [1.82, 2.24) is 4.90 Å². The summed E-state index contributed by atoms with van der Waals surface area (Å²) in [5, 5.41) is 2.67. The maximum atomic E-state index is 12.3. The third-order valence-corrected chi connectivity index (χ3v) is 3.57. The number of H-pyrrole nitrogens is 1. The molecule has 1 unspecified atom stereocenters. The molecule has 2 aromatic rings. The number of pyridine rings is 1. The van der Waals surface area contributed by atoms with E-state index < -0.39 is 23.8 Å². The number of imide groups is 1. The number of anilines is 1. The average Bonchev–Trinajstić information content (AvgIpc) is 2.79. The predicted octanol–water partition coefficient (Wildman–Crippen LogP) is 1.12. The summed E-state index contributed by atoms with van der Waals surface area (Å²) in [5.74, 6) is -1.31. The number of nitrogens with one attached hydrogen (secondary N) is 2. The van der Waals surface area contributed by atoms with Crippen LogP contribution in [0.2, 0.25) is 0 Å². The highest BCUT2D eigenvalue weighted by atomic mass is 16.2. The van der Waals surface area contributed by atoms with Crippen LogP contribution >= 0.6 is 0 Å². The van der Waals surface area contributed by atoms with Gasteiger partial charge in [-0.1, -0.05) is 12.1 Å². The Hall–Kier alpha value is -3.02. The van der Waals surface area contributed by atoms with Gasteiger partial charge in [-0.2, -0.15) is 0 Å². The van der Waals surface area contributed by atoms with E-state index in [1.807, 2.05) is 0 Å². The summed E-state index contributed by atoms with van der Waals surface area (Å²) in [6, 6.07) is 9.12. The van der Waals surface area contributed by atoms with Crippen LogP contribution < -0.4 is 10.3 Å². The number of rotatable bonds is 3. The van der Waals surface area contributed by atoms with Crippen molar-refractivity contribution >= 4 is 23.4 Å². The minimum absolute atomic E-state index is 0.334. The molecule has 0 spiro atoms. The Morgan fingerprint density at radius 3 is 2.27 bits per heavy atom. The van der Waals surface area contributed by atoms with Gasteiger partial charge in [0.1, 0.15) is 11.7 Å². The van der Waals surface area contributed by atoms with Crippen molar-refractivity contribution in [2.45, 2.75) is 13.0 Å². The molecule has 1 aliphatic heterocycles. The van der Waals surface area contributed by atoms with Crippen LogP contribution in [0.1, 0.15) is 27.6 Å². The number of hydrogen-bond acceptors (Lipinski definition) is 3. The molecule has 0 aliphatic carbocycles. The van der Waals surface area contributed by atoms with Crippen LogP contribution in [0.25, 0.3) is 0 Å². The molecule has 0 bridgehead atoms. The lowest BCUT2D eigenvalue weighted by Gasteiger charge is -2.21. The molecule has 3 rings (SSSR count). The van der Waals surface area contributed by atoms with Crippen LogP contribution in [-0.2, 0) is 4.79 Å². The number of amides is 3. The smallest absolute Gasteiger partial charge is 0.262 e. The van der Waals surface area contributed by atoms with Crippen LogP contribution in [0.3, 0.4) is 0 Å². The Balaban J connectivity index is 1.81. The van der Waals surface area contributed by atoms with Crippen LogP contribution in [0.15, 0.2) is 48.8 Å². The average molecular weight is 296 g/mol. The van der Waals surface area contributed by atoms with E-state index in [1.54, 1.807) is 48.8 Å². The summed E-state index contributed by atoms with van der Waals surface area (Å²) in [7, 11) is 0. The lowest BCUT2D eigenvalue weighted by Crippen LogP contribution is -2.45. The van der Waals surface area contributed by atoms with Gasteiger partial charge in [0, 0.05) is 6.07 Å². The fraction of sp³-hybridized carbons (Fsp3) is 0.125. The number of aromatic amines is 1. The Bertz CT molecular complexity index is 723. The van der Waals surface area contributed by atoms with Gasteiger partial charge in [-0.3, -0.25) is 19.3 Å². The van der Waals surface area contributed by atoms with Gasteiger partial charge in [0.05, 0.1) is 11.1 Å². The molecular formula is C16H14N3O3+. The highest BCUT2D eigenvalue weighted by molar-refractivity contribution is 6.23. The second-order valence-corrected chi connectivity index (χ2v) is 4.98. The summed E-state index contributed by atoms with van der Waals surface area (Å²) >= 11 is 0. The fourth-order valence-electron chi connectivity index (χ4n) is 2.39. The Labute approximate surface area is 126 Å². The minimum atomic E-state index is -0.896. The van der Waals surface area contributed by atoms with E-state index in [2.05, 4.69) is 10.3 Å². The number of carbonyl (C=O) groups excluding carboxylic acids is 3. The molecule has 0 saturated carbocycles. The topological polar surface area (TPSA) is 80.6 Å². The third-order valence-electron chi connectivity index (χ3n) is 3.57. The van der Waals surface area contributed by atoms with Gasteiger partial charge in [0.15, 0.2) is 12.4 Å². The number of hydrogen-bond donors (Lipinski definition) is 1. The van der Waals surface area contributed by atoms with Crippen molar-refractivity contribution in [2.24, 2.45) is 0 Å². The molecule has 6 heteroatoms. The molecule has 0 radical (unpaired) electrons. The van der Waals surface area contributed by atoms with Gasteiger partial charge in [0.25, 0.3) is 11.8 Å². The van der Waals surface area contributed by atoms with Gasteiger partial charge < -0.3 is 5.32 Å². The van der Waals surface area contributed by atoms with Crippen LogP contribution in [0.5, 0.6) is 0 Å². The lowest BCUT2D eigenvalue weighted by atomic mass is 10.1. The van der Waals surface area contributed by atoms with Crippen LogP contribution in [0.4, 0.5) is 5.69 Å². The highest BCUT2D eigenvalue weighted by Crippen LogP contribution is 2.24. The number of nitrogens with zero attached hydrogens (tertiary/aromatic N) is 1. The first-order valence-electron chi connectivity index (χ1n) is 6.83. The highest BCUT2D eigenvalue weighted by Gasteiger charge is 2.40. The zero-order valence-electron chi connectivity index (χ0n) is 11.9. The van der Waals surface area contributed by atoms with E-state index in [-0.39, 0.29) is 0 Å². The van der Waals surface area contributed by atoms with Gasteiger partial charge >= 0.3 is 0 Å². The standard InChI is InChI=1S/C16H13N3O3/c1-10(14(20)18-11-5-4-8-17-9-11)19-15(21)12-6-2-3-7-13(12)16(19)22/h2-10H,1H3,(H,18,20)/p+1. The summed E-state index contributed by atoms with van der Waals surface area (Å²) < 4.78 is 0. The normalized spacial score (nSPS) is 14.7. The maximum absolute atomic E-state index is 12.3. The molecule has 1 aromatic carbocycles. The first kappa shape index (κ1) is 13.9. The van der Waals surface area contributed by atoms with E-state index in [9.17, 15) is 14.4 Å². The molecule has 2 heterocycles. The zero-order valence-corrected chi connectivity index (χ0v) is 11.9. The molecular weight excluding hydrogens is 282 g/mol. The number of fused-ring (bicyclic) bond motifs is 1. The van der Waals surface area contributed by atoms with Crippen LogP contribution in [0, 0.1) is 0 Å². The SMILES string of the molecule is CC(C(=O)Nc1ccc[nH+]c1)N1C(=O)c2ccccc2C1=O. The van der Waals surface area contributed by atoms with Gasteiger partial charge in [-0.05, 0) is 25.1 Å². The quantitative estimate of drug-likeness (QED) is 0.862. The van der Waals surface area contributed by atoms with Crippen molar-refractivity contribution in [2.75, 3.05) is 5.32 Å². The van der Waals surface area contributed by atoms with E-state index in [4.69, 9.17) is 0 Å². The third kappa shape index (κ3) is 2.24. The molecule has 6 nitrogen and oxygen atoms in total. The summed E-state index contributed by atoms with van der Waals surface area (Å²) in [5.41, 5.74) is 1.23. The van der Waals surface area contributed by atoms with Crippen molar-refractivity contribution in [3.8, 4) is 0 Å². The molecule has 1 aromatic heterocycles. The summed E-state index contributed by atoms with van der Waals surface area (Å²) in [4.78, 5) is 40.8. The van der Waals surface area contributed by atoms with E-state index in [1.165, 1.54) is 6.92 Å². The van der Waals surface area contributed by atoms with Crippen molar-refractivity contribution in [1.29, 1.82) is 0 Å². The second kappa shape index (κ2) is 5.40. The molecule has 110 valence electrons. The van der Waals surface area contributed by atoms with E-state index >= 15 is 0 Å². The van der Waals surface area contributed by atoms with Gasteiger partial charge in [-0.25, -0.2) is 4.98 Å². The Morgan fingerprint density at radius 2 is 1.73 bits per heavy atom. The monoisotopic (exact) mass is 296 g/mol. The maximum Gasteiger partial charge on any atom is 0.262 e. The minimum Gasteiger partial charge on any atom is -0.319 e. The zero-order chi connectivity index (χ0) is 15.7. The first-order valence-corrected chi connectivity index (χ1v) is 6.83. The fourth-order valence-corrected chi connectivity index (χ4v) is 2.39. The molecule has 0 saturated heterocycles. The largest absolute Gasteiger partial charge is 0.319 e. The van der Waals surface area contributed by atoms with E-state index in [0.717, 1.165) is 4.90 Å². The molecule has 2 N–H and O–H groups in total. The lowest BCUT2D eigenvalue weighted by molar-refractivity contribution is -0.377. The number of carbonyl (C=O) groups is 3. The molecule has 1 aliphatic rings. The van der Waals surface area contributed by atoms with Gasteiger partial charge in [0.2, 0.25) is 5.91 Å².